The van der Waals surface area contributed by atoms with E-state index in [0.717, 1.165) is 22.8 Å². The Morgan fingerprint density at radius 2 is 1.71 bits per heavy atom. The van der Waals surface area contributed by atoms with Crippen LogP contribution in [0.5, 0.6) is 0 Å². The SMILES string of the molecule is O=C(OCc1cccc2ccccc12)[C@@H]1CC(=O)N(CCc2ccccc2)C1. The molecular weight excluding hydrogens is 350 g/mol. The summed E-state index contributed by atoms with van der Waals surface area (Å²) in [6, 6.07) is 24.1. The first-order chi connectivity index (χ1) is 13.7. The summed E-state index contributed by atoms with van der Waals surface area (Å²) in [6.07, 6.45) is 1.04. The molecule has 3 aromatic carbocycles. The highest BCUT2D eigenvalue weighted by molar-refractivity contribution is 5.88. The Labute approximate surface area is 164 Å². The summed E-state index contributed by atoms with van der Waals surface area (Å²) in [4.78, 5) is 26.6. The molecule has 1 fully saturated rings. The van der Waals surface area contributed by atoms with Gasteiger partial charge in [0.1, 0.15) is 6.61 Å². The summed E-state index contributed by atoms with van der Waals surface area (Å²) in [5, 5.41) is 2.21. The fraction of sp³-hybridized carbons (Fsp3) is 0.250. The maximum Gasteiger partial charge on any atom is 0.311 e. The minimum atomic E-state index is -0.377. The third-order valence-corrected chi connectivity index (χ3v) is 5.31. The molecule has 1 amide bonds. The van der Waals surface area contributed by atoms with Crippen molar-refractivity contribution in [2.24, 2.45) is 5.92 Å². The van der Waals surface area contributed by atoms with Crippen LogP contribution in [0.2, 0.25) is 0 Å². The molecule has 3 aromatic rings. The van der Waals surface area contributed by atoms with Crippen molar-refractivity contribution in [3.05, 3.63) is 83.9 Å². The van der Waals surface area contributed by atoms with Gasteiger partial charge in [0.15, 0.2) is 0 Å². The highest BCUT2D eigenvalue weighted by Gasteiger charge is 2.35. The molecule has 4 heteroatoms. The number of esters is 1. The van der Waals surface area contributed by atoms with Crippen molar-refractivity contribution < 1.29 is 14.3 Å². The van der Waals surface area contributed by atoms with E-state index in [1.807, 2.05) is 60.7 Å². The first-order valence-electron chi connectivity index (χ1n) is 9.65. The van der Waals surface area contributed by atoms with Crippen molar-refractivity contribution >= 4 is 22.6 Å². The smallest absolute Gasteiger partial charge is 0.311 e. The number of hydrogen-bond acceptors (Lipinski definition) is 3. The lowest BCUT2D eigenvalue weighted by Crippen LogP contribution is -2.28. The van der Waals surface area contributed by atoms with Crippen LogP contribution >= 0.6 is 0 Å². The fourth-order valence-corrected chi connectivity index (χ4v) is 3.74. The van der Waals surface area contributed by atoms with Crippen LogP contribution in [-0.4, -0.2) is 29.9 Å². The Kier molecular flexibility index (Phi) is 5.38. The van der Waals surface area contributed by atoms with Crippen LogP contribution in [-0.2, 0) is 27.4 Å². The molecule has 1 aliphatic heterocycles. The van der Waals surface area contributed by atoms with Crippen LogP contribution in [0.25, 0.3) is 10.8 Å². The Hall–Kier alpha value is -3.14. The molecule has 142 valence electrons. The van der Waals surface area contributed by atoms with Gasteiger partial charge in [0.2, 0.25) is 5.91 Å². The molecule has 1 aliphatic rings. The first kappa shape index (κ1) is 18.2. The minimum Gasteiger partial charge on any atom is -0.461 e. The van der Waals surface area contributed by atoms with Crippen molar-refractivity contribution in [2.45, 2.75) is 19.4 Å². The van der Waals surface area contributed by atoms with E-state index in [1.165, 1.54) is 5.56 Å². The largest absolute Gasteiger partial charge is 0.461 e. The summed E-state index contributed by atoms with van der Waals surface area (Å²) in [5.41, 5.74) is 2.17. The molecule has 1 atom stereocenters. The second-order valence-corrected chi connectivity index (χ2v) is 7.22. The lowest BCUT2D eigenvalue weighted by atomic mass is 10.1. The summed E-state index contributed by atoms with van der Waals surface area (Å²) in [6.45, 7) is 1.31. The number of carbonyl (C=O) groups excluding carboxylic acids is 2. The van der Waals surface area contributed by atoms with Crippen LogP contribution in [0.15, 0.2) is 72.8 Å². The van der Waals surface area contributed by atoms with E-state index in [4.69, 9.17) is 4.74 Å². The van der Waals surface area contributed by atoms with Crippen LogP contribution in [0.4, 0.5) is 0 Å². The number of benzene rings is 3. The van der Waals surface area contributed by atoms with E-state index in [1.54, 1.807) is 4.90 Å². The predicted molar refractivity (Wildman–Crippen MR) is 109 cm³/mol. The second kappa shape index (κ2) is 8.26. The average molecular weight is 373 g/mol. The van der Waals surface area contributed by atoms with E-state index >= 15 is 0 Å². The molecule has 4 rings (SSSR count). The van der Waals surface area contributed by atoms with Crippen molar-refractivity contribution in [3.8, 4) is 0 Å². The molecule has 0 aromatic heterocycles. The van der Waals surface area contributed by atoms with Gasteiger partial charge in [0.05, 0.1) is 5.92 Å². The van der Waals surface area contributed by atoms with Crippen molar-refractivity contribution in [1.82, 2.24) is 4.90 Å². The van der Waals surface area contributed by atoms with Crippen molar-refractivity contribution in [3.63, 3.8) is 0 Å². The van der Waals surface area contributed by atoms with Crippen molar-refractivity contribution in [1.29, 1.82) is 0 Å². The normalized spacial score (nSPS) is 16.5. The molecule has 0 saturated carbocycles. The number of rotatable bonds is 6. The van der Waals surface area contributed by atoms with Gasteiger partial charge in [0, 0.05) is 19.5 Å². The third-order valence-electron chi connectivity index (χ3n) is 5.31. The van der Waals surface area contributed by atoms with E-state index in [-0.39, 0.29) is 30.8 Å². The number of hydrogen-bond donors (Lipinski definition) is 0. The number of amides is 1. The van der Waals surface area contributed by atoms with Gasteiger partial charge in [-0.25, -0.2) is 0 Å². The lowest BCUT2D eigenvalue weighted by Gasteiger charge is -2.16. The monoisotopic (exact) mass is 373 g/mol. The Balaban J connectivity index is 1.33. The molecule has 1 saturated heterocycles. The number of carbonyl (C=O) groups is 2. The van der Waals surface area contributed by atoms with Crippen LogP contribution in [0, 0.1) is 5.92 Å². The molecule has 1 heterocycles. The zero-order valence-electron chi connectivity index (χ0n) is 15.7. The maximum atomic E-state index is 12.5. The highest BCUT2D eigenvalue weighted by Crippen LogP contribution is 2.22. The van der Waals surface area contributed by atoms with E-state index in [0.29, 0.717) is 13.1 Å². The van der Waals surface area contributed by atoms with Gasteiger partial charge >= 0.3 is 5.97 Å². The Morgan fingerprint density at radius 3 is 2.57 bits per heavy atom. The zero-order valence-corrected chi connectivity index (χ0v) is 15.7. The Morgan fingerprint density at radius 1 is 0.964 bits per heavy atom. The zero-order chi connectivity index (χ0) is 19.3. The van der Waals surface area contributed by atoms with E-state index in [9.17, 15) is 9.59 Å². The standard InChI is InChI=1S/C24H23NO3/c26-23-15-21(16-25(23)14-13-18-7-2-1-3-8-18)24(27)28-17-20-11-6-10-19-9-4-5-12-22(19)20/h1-12,21H,13-17H2/t21-/m1/s1. The molecular formula is C24H23NO3. The van der Waals surface area contributed by atoms with Crippen molar-refractivity contribution in [2.75, 3.05) is 13.1 Å². The molecule has 0 radical (unpaired) electrons. The summed E-state index contributed by atoms with van der Waals surface area (Å²) in [5.74, 6) is -0.634. The van der Waals surface area contributed by atoms with Gasteiger partial charge in [-0.1, -0.05) is 72.8 Å². The molecule has 0 spiro atoms. The van der Waals surface area contributed by atoms with Gasteiger partial charge in [0.25, 0.3) is 0 Å². The summed E-state index contributed by atoms with van der Waals surface area (Å²) >= 11 is 0. The predicted octanol–water partition coefficient (Wildman–Crippen LogP) is 3.97. The lowest BCUT2D eigenvalue weighted by molar-refractivity contribution is -0.149. The quantitative estimate of drug-likeness (QED) is 0.614. The van der Waals surface area contributed by atoms with Gasteiger partial charge < -0.3 is 9.64 Å². The maximum absolute atomic E-state index is 12.5. The van der Waals surface area contributed by atoms with E-state index in [2.05, 4.69) is 12.1 Å². The van der Waals surface area contributed by atoms with Crippen LogP contribution < -0.4 is 0 Å². The average Bonchev–Trinajstić information content (AvgIpc) is 3.12. The van der Waals surface area contributed by atoms with Gasteiger partial charge in [-0.3, -0.25) is 9.59 Å². The fourth-order valence-electron chi connectivity index (χ4n) is 3.74. The molecule has 0 aliphatic carbocycles. The Bertz CT molecular complexity index is 978. The number of likely N-dealkylation sites (tertiary alicyclic amines) is 1. The van der Waals surface area contributed by atoms with Crippen LogP contribution in [0.1, 0.15) is 17.5 Å². The molecule has 0 unspecified atom stereocenters. The van der Waals surface area contributed by atoms with Gasteiger partial charge in [-0.05, 0) is 28.3 Å². The van der Waals surface area contributed by atoms with Gasteiger partial charge in [-0.15, -0.1) is 0 Å². The van der Waals surface area contributed by atoms with Crippen LogP contribution in [0.3, 0.4) is 0 Å². The highest BCUT2D eigenvalue weighted by atomic mass is 16.5. The van der Waals surface area contributed by atoms with Gasteiger partial charge in [-0.2, -0.15) is 0 Å². The van der Waals surface area contributed by atoms with E-state index < -0.39 is 0 Å². The minimum absolute atomic E-state index is 0.0306. The number of nitrogens with zero attached hydrogens (tertiary/aromatic N) is 1. The first-order valence-corrected chi connectivity index (χ1v) is 9.65. The summed E-state index contributed by atoms with van der Waals surface area (Å²) in [7, 11) is 0. The third kappa shape index (κ3) is 4.06. The molecule has 28 heavy (non-hydrogen) atoms. The summed E-state index contributed by atoms with van der Waals surface area (Å²) < 4.78 is 5.56. The molecule has 0 bridgehead atoms. The molecule has 4 nitrogen and oxygen atoms in total. The topological polar surface area (TPSA) is 46.6 Å². The number of fused-ring (bicyclic) bond motifs is 1. The second-order valence-electron chi connectivity index (χ2n) is 7.22. The number of ether oxygens (including phenoxy) is 1. The molecule has 0 N–H and O–H groups in total.